The number of carbonyl (C=O) groups excluding carboxylic acids is 1. The highest BCUT2D eigenvalue weighted by atomic mass is 19.4. The summed E-state index contributed by atoms with van der Waals surface area (Å²) in [5.41, 5.74) is -0.713. The van der Waals surface area contributed by atoms with Crippen molar-refractivity contribution in [2.24, 2.45) is 5.41 Å². The molecule has 3 heterocycles. The van der Waals surface area contributed by atoms with E-state index in [1.807, 2.05) is 9.80 Å². The fourth-order valence-electron chi connectivity index (χ4n) is 5.80. The number of amides is 2. The molecule has 0 bridgehead atoms. The zero-order valence-corrected chi connectivity index (χ0v) is 19.9. The third-order valence-corrected chi connectivity index (χ3v) is 8.10. The van der Waals surface area contributed by atoms with Crippen LogP contribution in [0, 0.1) is 11.2 Å². The fraction of sp³-hybridized carbons (Fsp3) is 0.640. The van der Waals surface area contributed by atoms with Gasteiger partial charge >= 0.3 is 12.2 Å². The Kier molecular flexibility index (Phi) is 5.73. The molecule has 36 heavy (non-hydrogen) atoms. The van der Waals surface area contributed by atoms with Crippen LogP contribution in [0.25, 0.3) is 0 Å². The van der Waals surface area contributed by atoms with Crippen molar-refractivity contribution in [2.45, 2.75) is 69.2 Å². The highest BCUT2D eigenvalue weighted by molar-refractivity contribution is 5.75. The number of hydrogen-bond donors (Lipinski definition) is 1. The Morgan fingerprint density at radius 1 is 1.08 bits per heavy atom. The van der Waals surface area contributed by atoms with Gasteiger partial charge in [-0.25, -0.2) is 14.2 Å². The summed E-state index contributed by atoms with van der Waals surface area (Å²) in [5, 5.41) is 7.49. The number of benzene rings is 1. The molecule has 2 saturated heterocycles. The van der Waals surface area contributed by atoms with Crippen LogP contribution in [0.2, 0.25) is 0 Å². The number of alkyl halides is 3. The SMILES string of the molecule is O=C(N1CCC(OCc2ccc(C(F)(F)F)cc2F)CC1)N1CC2(CC(c3n[nH]c(C4CC4)n3)C2)C1. The molecule has 11 heteroatoms. The first-order chi connectivity index (χ1) is 17.2. The summed E-state index contributed by atoms with van der Waals surface area (Å²) in [6.07, 6.45) is 0.930. The lowest BCUT2D eigenvalue weighted by atomic mass is 9.57. The first kappa shape index (κ1) is 23.7. The van der Waals surface area contributed by atoms with E-state index in [1.54, 1.807) is 0 Å². The van der Waals surface area contributed by atoms with E-state index in [0.717, 1.165) is 49.7 Å². The van der Waals surface area contributed by atoms with Gasteiger partial charge in [0.05, 0.1) is 18.3 Å². The van der Waals surface area contributed by atoms with Crippen LogP contribution in [-0.2, 0) is 17.5 Å². The molecule has 1 aromatic carbocycles. The van der Waals surface area contributed by atoms with E-state index in [4.69, 9.17) is 4.74 Å². The number of rotatable bonds is 5. The molecule has 0 radical (unpaired) electrons. The zero-order valence-electron chi connectivity index (χ0n) is 19.9. The number of carbonyl (C=O) groups is 1. The van der Waals surface area contributed by atoms with Gasteiger partial charge in [0.25, 0.3) is 0 Å². The van der Waals surface area contributed by atoms with E-state index in [-0.39, 0.29) is 29.7 Å². The van der Waals surface area contributed by atoms with E-state index in [1.165, 1.54) is 12.8 Å². The van der Waals surface area contributed by atoms with Crippen molar-refractivity contribution in [3.8, 4) is 0 Å². The lowest BCUT2D eigenvalue weighted by Gasteiger charge is -2.59. The standard InChI is InChI=1S/C25H29F4N5O2/c26-20-9-18(25(27,28)29)4-3-16(20)12-36-19-5-7-33(8-6-19)23(35)34-13-24(14-34)10-17(11-24)22-30-21(31-32-22)15-1-2-15/h3-4,9,15,17,19H,1-2,5-8,10-14H2,(H,30,31,32). The van der Waals surface area contributed by atoms with E-state index in [0.29, 0.717) is 43.8 Å². The maximum absolute atomic E-state index is 14.0. The third-order valence-electron chi connectivity index (χ3n) is 8.10. The van der Waals surface area contributed by atoms with Gasteiger partial charge in [-0.1, -0.05) is 6.07 Å². The van der Waals surface area contributed by atoms with E-state index >= 15 is 0 Å². The highest BCUT2D eigenvalue weighted by Gasteiger charge is 2.55. The molecule has 194 valence electrons. The summed E-state index contributed by atoms with van der Waals surface area (Å²) in [6, 6.07) is 2.53. The summed E-state index contributed by atoms with van der Waals surface area (Å²) < 4.78 is 57.9. The van der Waals surface area contributed by atoms with Gasteiger partial charge in [-0.15, -0.1) is 0 Å². The van der Waals surface area contributed by atoms with Crippen molar-refractivity contribution >= 4 is 6.03 Å². The molecular formula is C25H29F4N5O2. The number of nitrogens with one attached hydrogen (secondary N) is 1. The van der Waals surface area contributed by atoms with Crippen LogP contribution >= 0.6 is 0 Å². The van der Waals surface area contributed by atoms with Crippen LogP contribution in [-0.4, -0.2) is 63.3 Å². The number of piperidine rings is 1. The molecule has 4 aliphatic rings. The average molecular weight is 508 g/mol. The minimum Gasteiger partial charge on any atom is -0.373 e. The van der Waals surface area contributed by atoms with Gasteiger partial charge in [0.2, 0.25) is 0 Å². The van der Waals surface area contributed by atoms with Crippen molar-refractivity contribution in [3.63, 3.8) is 0 Å². The molecule has 0 unspecified atom stereocenters. The summed E-state index contributed by atoms with van der Waals surface area (Å²) in [5.74, 6) is 1.97. The van der Waals surface area contributed by atoms with Crippen molar-refractivity contribution in [2.75, 3.05) is 26.2 Å². The Labute approximate surface area is 206 Å². The van der Waals surface area contributed by atoms with Gasteiger partial charge in [0.1, 0.15) is 11.6 Å². The highest BCUT2D eigenvalue weighted by Crippen LogP contribution is 2.55. The number of nitrogens with zero attached hydrogens (tertiary/aromatic N) is 4. The number of ether oxygens (including phenoxy) is 1. The van der Waals surface area contributed by atoms with Gasteiger partial charge in [-0.3, -0.25) is 5.10 Å². The Hall–Kier alpha value is -2.69. The Morgan fingerprint density at radius 2 is 1.81 bits per heavy atom. The lowest BCUT2D eigenvalue weighted by molar-refractivity contribution is -0.137. The van der Waals surface area contributed by atoms with E-state index in [2.05, 4.69) is 15.2 Å². The zero-order chi connectivity index (χ0) is 25.1. The lowest BCUT2D eigenvalue weighted by Crippen LogP contribution is -2.65. The molecule has 4 fully saturated rings. The molecule has 2 aliphatic carbocycles. The number of aromatic nitrogens is 3. The minimum absolute atomic E-state index is 0.0465. The Bertz CT molecular complexity index is 1130. The van der Waals surface area contributed by atoms with Gasteiger partial charge in [-0.05, 0) is 50.7 Å². The normalized spacial score (nSPS) is 22.6. The van der Waals surface area contributed by atoms with Gasteiger partial charge in [0, 0.05) is 49.0 Å². The van der Waals surface area contributed by atoms with Gasteiger partial charge in [0.15, 0.2) is 5.82 Å². The smallest absolute Gasteiger partial charge is 0.373 e. The fourth-order valence-corrected chi connectivity index (χ4v) is 5.80. The molecule has 1 spiro atoms. The molecule has 2 aromatic rings. The summed E-state index contributed by atoms with van der Waals surface area (Å²) in [7, 11) is 0. The topological polar surface area (TPSA) is 74.3 Å². The van der Waals surface area contributed by atoms with E-state index in [9.17, 15) is 22.4 Å². The number of urea groups is 1. The molecule has 1 N–H and O–H groups in total. The largest absolute Gasteiger partial charge is 0.416 e. The monoisotopic (exact) mass is 507 g/mol. The summed E-state index contributed by atoms with van der Waals surface area (Å²) >= 11 is 0. The average Bonchev–Trinajstić information content (AvgIpc) is 3.53. The number of likely N-dealkylation sites (tertiary alicyclic amines) is 2. The minimum atomic E-state index is -4.58. The first-order valence-electron chi connectivity index (χ1n) is 12.6. The Balaban J connectivity index is 0.923. The van der Waals surface area contributed by atoms with Crippen molar-refractivity contribution in [1.29, 1.82) is 0 Å². The van der Waals surface area contributed by atoms with Crippen molar-refractivity contribution in [1.82, 2.24) is 25.0 Å². The quantitative estimate of drug-likeness (QED) is 0.589. The van der Waals surface area contributed by atoms with Crippen LogP contribution < -0.4 is 0 Å². The summed E-state index contributed by atoms with van der Waals surface area (Å²) in [4.78, 5) is 21.3. The molecule has 2 saturated carbocycles. The maximum atomic E-state index is 14.0. The molecule has 2 amide bonds. The molecule has 0 atom stereocenters. The van der Waals surface area contributed by atoms with Crippen LogP contribution in [0.15, 0.2) is 18.2 Å². The maximum Gasteiger partial charge on any atom is 0.416 e. The first-order valence-corrected chi connectivity index (χ1v) is 12.6. The number of H-pyrrole nitrogens is 1. The number of halogens is 4. The van der Waals surface area contributed by atoms with Gasteiger partial charge < -0.3 is 14.5 Å². The third kappa shape index (κ3) is 4.57. The van der Waals surface area contributed by atoms with Crippen LogP contribution in [0.1, 0.15) is 73.1 Å². The predicted octanol–water partition coefficient (Wildman–Crippen LogP) is 4.82. The van der Waals surface area contributed by atoms with Crippen LogP contribution in [0.3, 0.4) is 0 Å². The summed E-state index contributed by atoms with van der Waals surface area (Å²) in [6.45, 7) is 2.54. The molecule has 2 aliphatic heterocycles. The number of hydrogen-bond acceptors (Lipinski definition) is 4. The second kappa shape index (κ2) is 8.71. The number of aromatic amines is 1. The van der Waals surface area contributed by atoms with Crippen LogP contribution in [0.5, 0.6) is 0 Å². The second-order valence-electron chi connectivity index (χ2n) is 10.9. The molecular weight excluding hydrogens is 478 g/mol. The second-order valence-corrected chi connectivity index (χ2v) is 10.9. The van der Waals surface area contributed by atoms with Crippen LogP contribution in [0.4, 0.5) is 22.4 Å². The Morgan fingerprint density at radius 3 is 2.44 bits per heavy atom. The van der Waals surface area contributed by atoms with Gasteiger partial charge in [-0.2, -0.15) is 18.3 Å². The molecule has 6 rings (SSSR count). The van der Waals surface area contributed by atoms with Crippen molar-refractivity contribution < 1.29 is 27.1 Å². The molecule has 7 nitrogen and oxygen atoms in total. The van der Waals surface area contributed by atoms with Crippen molar-refractivity contribution in [3.05, 3.63) is 46.8 Å². The van der Waals surface area contributed by atoms with E-state index < -0.39 is 17.6 Å². The molecule has 1 aromatic heterocycles. The predicted molar refractivity (Wildman–Crippen MR) is 121 cm³/mol.